The van der Waals surface area contributed by atoms with Gasteiger partial charge in [-0.15, -0.1) is 0 Å². The summed E-state index contributed by atoms with van der Waals surface area (Å²) < 4.78 is 10.4. The molecule has 3 aromatic rings. The molecule has 1 aromatic carbocycles. The van der Waals surface area contributed by atoms with Crippen molar-refractivity contribution < 1.29 is 13.9 Å². The molecule has 0 saturated heterocycles. The number of nitrogens with zero attached hydrogens (tertiary/aromatic N) is 1. The van der Waals surface area contributed by atoms with Crippen molar-refractivity contribution in [2.45, 2.75) is 12.3 Å². The number of furan rings is 1. The average Bonchev–Trinajstić information content (AvgIpc) is 3.21. The molecule has 25 heavy (non-hydrogen) atoms. The lowest BCUT2D eigenvalue weighted by molar-refractivity contribution is 0.0923. The first-order valence-electron chi connectivity index (χ1n) is 8.11. The lowest BCUT2D eigenvalue weighted by Gasteiger charge is -2.18. The zero-order chi connectivity index (χ0) is 17.5. The molecule has 5 heteroatoms. The second-order valence-corrected chi connectivity index (χ2v) is 5.72. The number of carbonyl (C=O) groups excluding carboxylic acids is 1. The van der Waals surface area contributed by atoms with Gasteiger partial charge in [0, 0.05) is 24.9 Å². The molecule has 0 saturated carbocycles. The predicted molar refractivity (Wildman–Crippen MR) is 94.7 cm³/mol. The minimum absolute atomic E-state index is 0.119. The van der Waals surface area contributed by atoms with Crippen LogP contribution in [-0.4, -0.2) is 24.5 Å². The molecule has 0 spiro atoms. The second-order valence-electron chi connectivity index (χ2n) is 5.72. The van der Waals surface area contributed by atoms with Crippen LogP contribution in [0.15, 0.2) is 71.6 Å². The number of hydrogen-bond acceptors (Lipinski definition) is 4. The Morgan fingerprint density at radius 2 is 2.04 bits per heavy atom. The van der Waals surface area contributed by atoms with Crippen molar-refractivity contribution in [3.05, 3.63) is 84.1 Å². The second kappa shape index (κ2) is 8.15. The summed E-state index contributed by atoms with van der Waals surface area (Å²) in [5.41, 5.74) is 2.25. The van der Waals surface area contributed by atoms with Gasteiger partial charge in [0.05, 0.1) is 13.4 Å². The van der Waals surface area contributed by atoms with Crippen LogP contribution in [0.4, 0.5) is 0 Å². The van der Waals surface area contributed by atoms with Crippen molar-refractivity contribution in [3.63, 3.8) is 0 Å². The van der Waals surface area contributed by atoms with Crippen LogP contribution >= 0.6 is 0 Å². The van der Waals surface area contributed by atoms with Crippen LogP contribution in [0.25, 0.3) is 0 Å². The monoisotopic (exact) mass is 336 g/mol. The van der Waals surface area contributed by atoms with Crippen molar-refractivity contribution in [2.75, 3.05) is 13.7 Å². The minimum atomic E-state index is -0.213. The van der Waals surface area contributed by atoms with Crippen LogP contribution in [-0.2, 0) is 6.42 Å². The van der Waals surface area contributed by atoms with E-state index >= 15 is 0 Å². The lowest BCUT2D eigenvalue weighted by Crippen LogP contribution is -2.29. The number of ether oxygens (including phenoxy) is 1. The zero-order valence-electron chi connectivity index (χ0n) is 14.0. The largest absolute Gasteiger partial charge is 0.497 e. The van der Waals surface area contributed by atoms with Crippen molar-refractivity contribution in [3.8, 4) is 5.75 Å². The maximum absolute atomic E-state index is 12.2. The third-order valence-electron chi connectivity index (χ3n) is 4.05. The Bertz CT molecular complexity index is 784. The Kier molecular flexibility index (Phi) is 5.46. The van der Waals surface area contributed by atoms with Gasteiger partial charge in [0.25, 0.3) is 5.91 Å². The molecular formula is C20H20N2O3. The van der Waals surface area contributed by atoms with E-state index in [1.54, 1.807) is 25.4 Å². The van der Waals surface area contributed by atoms with Crippen LogP contribution < -0.4 is 10.1 Å². The molecule has 0 fully saturated rings. The molecule has 1 amide bonds. The van der Waals surface area contributed by atoms with Crippen LogP contribution in [0, 0.1) is 0 Å². The third-order valence-corrected chi connectivity index (χ3v) is 4.05. The summed E-state index contributed by atoms with van der Waals surface area (Å²) in [4.78, 5) is 16.3. The van der Waals surface area contributed by atoms with Gasteiger partial charge in [-0.25, -0.2) is 0 Å². The van der Waals surface area contributed by atoms with Crippen molar-refractivity contribution >= 4 is 5.91 Å². The Labute approximate surface area is 146 Å². The fourth-order valence-corrected chi connectivity index (χ4v) is 2.70. The Morgan fingerprint density at radius 1 is 1.20 bits per heavy atom. The van der Waals surface area contributed by atoms with Gasteiger partial charge in [-0.1, -0.05) is 18.2 Å². The Morgan fingerprint density at radius 3 is 2.68 bits per heavy atom. The molecule has 5 nitrogen and oxygen atoms in total. The zero-order valence-corrected chi connectivity index (χ0v) is 14.0. The van der Waals surface area contributed by atoms with E-state index < -0.39 is 0 Å². The summed E-state index contributed by atoms with van der Waals surface area (Å²) in [7, 11) is 1.64. The number of benzene rings is 1. The van der Waals surface area contributed by atoms with Crippen LogP contribution in [0.3, 0.4) is 0 Å². The molecule has 2 aromatic heterocycles. The molecule has 0 aliphatic rings. The van der Waals surface area contributed by atoms with Crippen LogP contribution in [0.5, 0.6) is 5.75 Å². The highest BCUT2D eigenvalue weighted by Crippen LogP contribution is 2.23. The highest BCUT2D eigenvalue weighted by Gasteiger charge is 2.16. The van der Waals surface area contributed by atoms with E-state index in [4.69, 9.17) is 9.15 Å². The summed E-state index contributed by atoms with van der Waals surface area (Å²) in [5.74, 6) is 1.03. The van der Waals surface area contributed by atoms with E-state index in [-0.39, 0.29) is 11.8 Å². The third kappa shape index (κ3) is 4.47. The maximum atomic E-state index is 12.2. The van der Waals surface area contributed by atoms with E-state index in [1.807, 2.05) is 42.6 Å². The fourth-order valence-electron chi connectivity index (χ4n) is 2.70. The maximum Gasteiger partial charge on any atom is 0.286 e. The SMILES string of the molecule is COc1ccc(C(CNC(=O)c2ccco2)Cc2cccnc2)cc1. The van der Waals surface area contributed by atoms with E-state index in [1.165, 1.54) is 6.26 Å². The summed E-state index contributed by atoms with van der Waals surface area (Å²) >= 11 is 0. The quantitative estimate of drug-likeness (QED) is 0.718. The van der Waals surface area contributed by atoms with Crippen LogP contribution in [0.1, 0.15) is 27.6 Å². The lowest BCUT2D eigenvalue weighted by atomic mass is 9.92. The molecule has 2 heterocycles. The first-order valence-corrected chi connectivity index (χ1v) is 8.11. The van der Waals surface area contributed by atoms with Gasteiger partial charge < -0.3 is 14.5 Å². The predicted octanol–water partition coefficient (Wildman–Crippen LogP) is 3.44. The number of rotatable bonds is 7. The summed E-state index contributed by atoms with van der Waals surface area (Å²) in [6, 6.07) is 15.2. The minimum Gasteiger partial charge on any atom is -0.497 e. The molecule has 1 N–H and O–H groups in total. The number of nitrogens with one attached hydrogen (secondary N) is 1. The number of hydrogen-bond donors (Lipinski definition) is 1. The number of methoxy groups -OCH3 is 1. The number of amides is 1. The van der Waals surface area contributed by atoms with Gasteiger partial charge in [0.15, 0.2) is 5.76 Å². The van der Waals surface area contributed by atoms with Crippen molar-refractivity contribution in [2.24, 2.45) is 0 Å². The van der Waals surface area contributed by atoms with E-state index in [9.17, 15) is 4.79 Å². The fraction of sp³-hybridized carbons (Fsp3) is 0.200. The number of pyridine rings is 1. The Balaban J connectivity index is 1.74. The molecule has 1 unspecified atom stereocenters. The number of aromatic nitrogens is 1. The summed E-state index contributed by atoms with van der Waals surface area (Å²) in [6.45, 7) is 0.501. The summed E-state index contributed by atoms with van der Waals surface area (Å²) in [6.07, 6.45) is 5.87. The van der Waals surface area contributed by atoms with E-state index in [2.05, 4.69) is 10.3 Å². The van der Waals surface area contributed by atoms with Crippen LogP contribution in [0.2, 0.25) is 0 Å². The molecule has 0 aliphatic carbocycles. The van der Waals surface area contributed by atoms with Gasteiger partial charge in [0.1, 0.15) is 5.75 Å². The van der Waals surface area contributed by atoms with Gasteiger partial charge >= 0.3 is 0 Å². The normalized spacial score (nSPS) is 11.7. The summed E-state index contributed by atoms with van der Waals surface area (Å²) in [5, 5.41) is 2.95. The van der Waals surface area contributed by atoms with E-state index in [0.717, 1.165) is 23.3 Å². The molecular weight excluding hydrogens is 316 g/mol. The highest BCUT2D eigenvalue weighted by atomic mass is 16.5. The molecule has 128 valence electrons. The molecule has 3 rings (SSSR count). The smallest absolute Gasteiger partial charge is 0.286 e. The molecule has 0 bridgehead atoms. The van der Waals surface area contributed by atoms with Gasteiger partial charge in [-0.05, 0) is 47.9 Å². The van der Waals surface area contributed by atoms with E-state index in [0.29, 0.717) is 12.3 Å². The average molecular weight is 336 g/mol. The van der Waals surface area contributed by atoms with Crippen molar-refractivity contribution in [1.29, 1.82) is 0 Å². The Hall–Kier alpha value is -3.08. The molecule has 0 radical (unpaired) electrons. The topological polar surface area (TPSA) is 64.4 Å². The van der Waals surface area contributed by atoms with Gasteiger partial charge in [0.2, 0.25) is 0 Å². The van der Waals surface area contributed by atoms with Crippen molar-refractivity contribution in [1.82, 2.24) is 10.3 Å². The van der Waals surface area contributed by atoms with Gasteiger partial charge in [-0.3, -0.25) is 9.78 Å². The first-order chi connectivity index (χ1) is 12.3. The number of carbonyl (C=O) groups is 1. The first kappa shape index (κ1) is 16.8. The highest BCUT2D eigenvalue weighted by molar-refractivity contribution is 5.91. The molecule has 1 atom stereocenters. The standard InChI is InChI=1S/C20H20N2O3/c1-24-18-8-6-16(7-9-18)17(12-15-4-2-10-21-13-15)14-22-20(23)19-5-3-11-25-19/h2-11,13,17H,12,14H2,1H3,(H,22,23). The molecule has 0 aliphatic heterocycles. The van der Waals surface area contributed by atoms with Gasteiger partial charge in [-0.2, -0.15) is 0 Å².